The van der Waals surface area contributed by atoms with Gasteiger partial charge in [-0.2, -0.15) is 0 Å². The number of hydrogen-bond acceptors (Lipinski definition) is 4. The second kappa shape index (κ2) is 10.8. The van der Waals surface area contributed by atoms with Crippen molar-refractivity contribution in [3.63, 3.8) is 0 Å². The van der Waals surface area contributed by atoms with E-state index < -0.39 is 11.6 Å². The van der Waals surface area contributed by atoms with Crippen molar-refractivity contribution in [2.24, 2.45) is 0 Å². The molecule has 35 heavy (non-hydrogen) atoms. The summed E-state index contributed by atoms with van der Waals surface area (Å²) in [6.45, 7) is 7.46. The standard InChI is InChI=1S/C28H30ClNO5/c1-17-18(2)24(35-28(3,4)27(32)33)13-11-22(17)20-8-6-19(7-9-20)14-15-30-26(31)23-16-21(29)10-12-25(23)34-5/h6-13,16H,14-15H2,1-5H3,(H,30,31)(H,32,33). The van der Waals surface area contributed by atoms with Gasteiger partial charge in [0.05, 0.1) is 12.7 Å². The summed E-state index contributed by atoms with van der Waals surface area (Å²) in [7, 11) is 1.52. The zero-order chi connectivity index (χ0) is 25.8. The number of hydrogen-bond donors (Lipinski definition) is 2. The third-order valence-corrected chi connectivity index (χ3v) is 6.22. The Kier molecular flexibility index (Phi) is 8.07. The Balaban J connectivity index is 1.66. The summed E-state index contributed by atoms with van der Waals surface area (Å²) in [6, 6.07) is 16.9. The molecule has 184 valence electrons. The molecule has 2 N–H and O–H groups in total. The number of carbonyl (C=O) groups is 2. The van der Waals surface area contributed by atoms with E-state index >= 15 is 0 Å². The molecule has 0 heterocycles. The maximum Gasteiger partial charge on any atom is 0.347 e. The topological polar surface area (TPSA) is 84.9 Å². The van der Waals surface area contributed by atoms with Crippen LogP contribution in [0.2, 0.25) is 5.02 Å². The van der Waals surface area contributed by atoms with Gasteiger partial charge in [-0.1, -0.05) is 41.9 Å². The largest absolute Gasteiger partial charge is 0.496 e. The summed E-state index contributed by atoms with van der Waals surface area (Å²) in [4.78, 5) is 23.9. The van der Waals surface area contributed by atoms with E-state index in [-0.39, 0.29) is 5.91 Å². The third kappa shape index (κ3) is 6.14. The summed E-state index contributed by atoms with van der Waals surface area (Å²) in [6.07, 6.45) is 0.671. The lowest BCUT2D eigenvalue weighted by Crippen LogP contribution is -2.38. The number of benzene rings is 3. The quantitative estimate of drug-likeness (QED) is 0.389. The molecule has 0 aliphatic carbocycles. The normalized spacial score (nSPS) is 11.1. The number of amides is 1. The molecule has 0 saturated heterocycles. The van der Waals surface area contributed by atoms with E-state index in [1.165, 1.54) is 21.0 Å². The Morgan fingerprint density at radius 2 is 1.63 bits per heavy atom. The second-order valence-electron chi connectivity index (χ2n) is 8.83. The lowest BCUT2D eigenvalue weighted by Gasteiger charge is -2.24. The van der Waals surface area contributed by atoms with Crippen LogP contribution in [0.4, 0.5) is 0 Å². The fourth-order valence-corrected chi connectivity index (χ4v) is 3.83. The van der Waals surface area contributed by atoms with Crippen LogP contribution in [0.1, 0.15) is 40.9 Å². The molecule has 0 aliphatic rings. The number of nitrogens with one attached hydrogen (secondary N) is 1. The molecule has 7 heteroatoms. The highest BCUT2D eigenvalue weighted by molar-refractivity contribution is 6.31. The zero-order valence-electron chi connectivity index (χ0n) is 20.6. The molecule has 0 fully saturated rings. The van der Waals surface area contributed by atoms with Gasteiger partial charge >= 0.3 is 5.97 Å². The van der Waals surface area contributed by atoms with Gasteiger partial charge in [0, 0.05) is 11.6 Å². The molecule has 0 aromatic heterocycles. The number of carboxylic acids is 1. The summed E-state index contributed by atoms with van der Waals surface area (Å²) in [5.41, 5.74) is 4.21. The van der Waals surface area contributed by atoms with E-state index in [4.69, 9.17) is 21.1 Å². The van der Waals surface area contributed by atoms with Crippen molar-refractivity contribution in [1.82, 2.24) is 5.32 Å². The monoisotopic (exact) mass is 495 g/mol. The predicted octanol–water partition coefficient (Wildman–Crippen LogP) is 5.85. The van der Waals surface area contributed by atoms with Crippen LogP contribution in [-0.4, -0.2) is 36.2 Å². The van der Waals surface area contributed by atoms with E-state index in [0.29, 0.717) is 35.1 Å². The molecule has 0 radical (unpaired) electrons. The first-order chi connectivity index (χ1) is 16.5. The molecular weight excluding hydrogens is 466 g/mol. The zero-order valence-corrected chi connectivity index (χ0v) is 21.3. The van der Waals surface area contributed by atoms with Crippen LogP contribution in [0.25, 0.3) is 11.1 Å². The van der Waals surface area contributed by atoms with Crippen molar-refractivity contribution in [2.75, 3.05) is 13.7 Å². The molecule has 0 saturated carbocycles. The van der Waals surface area contributed by atoms with Crippen molar-refractivity contribution >= 4 is 23.5 Å². The number of halogens is 1. The van der Waals surface area contributed by atoms with Gasteiger partial charge in [-0.25, -0.2) is 4.79 Å². The minimum atomic E-state index is -1.31. The van der Waals surface area contributed by atoms with Gasteiger partial charge < -0.3 is 19.9 Å². The van der Waals surface area contributed by atoms with Gasteiger partial charge in [0.15, 0.2) is 5.60 Å². The Labute approximate surface area is 210 Å². The lowest BCUT2D eigenvalue weighted by molar-refractivity contribution is -0.152. The fraction of sp³-hybridized carbons (Fsp3) is 0.286. The molecule has 0 unspecified atom stereocenters. The van der Waals surface area contributed by atoms with E-state index in [9.17, 15) is 14.7 Å². The van der Waals surface area contributed by atoms with Crippen LogP contribution in [-0.2, 0) is 11.2 Å². The summed E-state index contributed by atoms with van der Waals surface area (Å²) < 4.78 is 11.0. The molecule has 1 amide bonds. The SMILES string of the molecule is COc1ccc(Cl)cc1C(=O)NCCc1ccc(-c2ccc(OC(C)(C)C(=O)O)c(C)c2C)cc1. The predicted molar refractivity (Wildman–Crippen MR) is 138 cm³/mol. The van der Waals surface area contributed by atoms with Crippen molar-refractivity contribution < 1.29 is 24.2 Å². The molecular formula is C28H30ClNO5. The lowest BCUT2D eigenvalue weighted by atomic mass is 9.95. The van der Waals surface area contributed by atoms with Gasteiger partial charge in [0.25, 0.3) is 5.91 Å². The van der Waals surface area contributed by atoms with Crippen LogP contribution in [0.5, 0.6) is 11.5 Å². The highest BCUT2D eigenvalue weighted by atomic mass is 35.5. The van der Waals surface area contributed by atoms with E-state index in [0.717, 1.165) is 27.8 Å². The number of ether oxygens (including phenoxy) is 2. The first-order valence-electron chi connectivity index (χ1n) is 11.3. The molecule has 0 atom stereocenters. The molecule has 3 aromatic carbocycles. The summed E-state index contributed by atoms with van der Waals surface area (Å²) in [5, 5.41) is 12.7. The van der Waals surface area contributed by atoms with Crippen LogP contribution in [0.15, 0.2) is 54.6 Å². The van der Waals surface area contributed by atoms with Gasteiger partial charge in [0.1, 0.15) is 11.5 Å². The van der Waals surface area contributed by atoms with Crippen LogP contribution >= 0.6 is 11.6 Å². The van der Waals surface area contributed by atoms with E-state index in [1.807, 2.05) is 50.2 Å². The average molecular weight is 496 g/mol. The van der Waals surface area contributed by atoms with Crippen molar-refractivity contribution in [3.05, 3.63) is 81.9 Å². The smallest absolute Gasteiger partial charge is 0.347 e. The van der Waals surface area contributed by atoms with Crippen LogP contribution in [0.3, 0.4) is 0 Å². The Hall–Kier alpha value is -3.51. The molecule has 0 aliphatic heterocycles. The van der Waals surface area contributed by atoms with Crippen LogP contribution in [0, 0.1) is 13.8 Å². The number of rotatable bonds is 9. The molecule has 6 nitrogen and oxygen atoms in total. The minimum absolute atomic E-state index is 0.236. The Bertz CT molecular complexity index is 1230. The summed E-state index contributed by atoms with van der Waals surface area (Å²) >= 11 is 6.02. The number of carboxylic acid groups (broad SMARTS) is 1. The minimum Gasteiger partial charge on any atom is -0.496 e. The van der Waals surface area contributed by atoms with Crippen LogP contribution < -0.4 is 14.8 Å². The van der Waals surface area contributed by atoms with Crippen molar-refractivity contribution in [2.45, 2.75) is 39.7 Å². The van der Waals surface area contributed by atoms with Gasteiger partial charge in [0.2, 0.25) is 0 Å². The van der Waals surface area contributed by atoms with Gasteiger partial charge in [-0.3, -0.25) is 4.79 Å². The van der Waals surface area contributed by atoms with E-state index in [1.54, 1.807) is 18.2 Å². The maximum atomic E-state index is 12.5. The first-order valence-corrected chi connectivity index (χ1v) is 11.6. The van der Waals surface area contributed by atoms with Crippen molar-refractivity contribution in [1.29, 1.82) is 0 Å². The van der Waals surface area contributed by atoms with Gasteiger partial charge in [-0.15, -0.1) is 0 Å². The highest BCUT2D eigenvalue weighted by Gasteiger charge is 2.30. The van der Waals surface area contributed by atoms with Crippen molar-refractivity contribution in [3.8, 4) is 22.6 Å². The number of carbonyl (C=O) groups excluding carboxylic acids is 1. The maximum absolute atomic E-state index is 12.5. The Morgan fingerprint density at radius 1 is 0.971 bits per heavy atom. The average Bonchev–Trinajstić information content (AvgIpc) is 2.82. The molecule has 0 bridgehead atoms. The van der Waals surface area contributed by atoms with E-state index in [2.05, 4.69) is 5.32 Å². The fourth-order valence-electron chi connectivity index (χ4n) is 3.66. The number of methoxy groups -OCH3 is 1. The van der Waals surface area contributed by atoms with Gasteiger partial charge in [-0.05, 0) is 86.2 Å². The number of aliphatic carboxylic acids is 1. The second-order valence-corrected chi connectivity index (χ2v) is 9.26. The molecule has 0 spiro atoms. The summed E-state index contributed by atoms with van der Waals surface area (Å²) in [5.74, 6) is -0.218. The Morgan fingerprint density at radius 3 is 2.26 bits per heavy atom. The molecule has 3 rings (SSSR count). The third-order valence-electron chi connectivity index (χ3n) is 5.99. The first kappa shape index (κ1) is 26.1. The molecule has 3 aromatic rings. The highest BCUT2D eigenvalue weighted by Crippen LogP contribution is 2.33.